The van der Waals surface area contributed by atoms with Crippen LogP contribution in [-0.2, 0) is 0 Å². The summed E-state index contributed by atoms with van der Waals surface area (Å²) in [6, 6.07) is 115. The van der Waals surface area contributed by atoms with E-state index in [0.717, 1.165) is 140 Å². The van der Waals surface area contributed by atoms with E-state index in [1.165, 1.54) is 21.9 Å². The zero-order chi connectivity index (χ0) is 61.5. The van der Waals surface area contributed by atoms with Gasteiger partial charge in [-0.2, -0.15) is 0 Å². The third kappa shape index (κ3) is 7.77. The Balaban J connectivity index is 0.816. The van der Waals surface area contributed by atoms with E-state index in [9.17, 15) is 0 Å². The number of ether oxygens (including phenoxy) is 3. The third-order valence-corrected chi connectivity index (χ3v) is 19.6. The Morgan fingerprint density at radius 3 is 1.13 bits per heavy atom. The van der Waals surface area contributed by atoms with E-state index in [-0.39, 0.29) is 13.4 Å². The van der Waals surface area contributed by atoms with Crippen LogP contribution in [0.15, 0.2) is 322 Å². The number of para-hydroxylation sites is 11. The zero-order valence-electron chi connectivity index (χ0n) is 50.7. The Labute approximate surface area is 543 Å². The van der Waals surface area contributed by atoms with Gasteiger partial charge in [0.05, 0.1) is 22.1 Å². The molecule has 0 radical (unpaired) electrons. The van der Waals surface area contributed by atoms with Crippen LogP contribution in [0.2, 0.25) is 0 Å². The Bertz CT molecular complexity index is 5760. The summed E-state index contributed by atoms with van der Waals surface area (Å²) < 4.78 is 27.3. The quantitative estimate of drug-likeness (QED) is 0.134. The number of hydrogen-bond acceptors (Lipinski definition) is 6. The second-order valence-corrected chi connectivity index (χ2v) is 24.7. The SMILES string of the molecule is c1ccc(N2c3ccccc3B3c4cc5c(cc4Oc4cc(Oc6cccc7c8ccccc8n(-c8ccccc8)c67)cc2c43)N(c2ccccc2)c2cc(Oc3cccc4c6ccccc6n(-c6ccccc6)c34)cc3c2B5c2ccccc2N3c2ccccc2)cc1. The van der Waals surface area contributed by atoms with Crippen molar-refractivity contribution in [1.82, 2.24) is 9.13 Å². The first-order valence-electron chi connectivity index (χ1n) is 32.1. The summed E-state index contributed by atoms with van der Waals surface area (Å²) in [7, 11) is 0. The summed E-state index contributed by atoms with van der Waals surface area (Å²) in [5, 5.41) is 4.54. The smallest absolute Gasteiger partial charge is 0.256 e. The molecule has 8 nitrogen and oxygen atoms in total. The van der Waals surface area contributed by atoms with Gasteiger partial charge in [0.1, 0.15) is 23.0 Å². The molecule has 0 unspecified atom stereocenters. The van der Waals surface area contributed by atoms with Gasteiger partial charge < -0.3 is 38.0 Å². The van der Waals surface area contributed by atoms with Crippen LogP contribution in [0.5, 0.6) is 34.5 Å². The van der Waals surface area contributed by atoms with Gasteiger partial charge in [-0.1, -0.05) is 194 Å². The second kappa shape index (κ2) is 20.6. The van der Waals surface area contributed by atoms with Crippen molar-refractivity contribution in [3.8, 4) is 45.9 Å². The molecule has 0 spiro atoms. The van der Waals surface area contributed by atoms with Gasteiger partial charge in [0.25, 0.3) is 13.4 Å². The van der Waals surface area contributed by atoms with E-state index < -0.39 is 0 Å². The number of rotatable bonds is 9. The average Bonchev–Trinajstić information content (AvgIpc) is 0.927. The standard InChI is InChI=1S/C84H53B2N5O3/c1-6-26-54(27-7-1)87-71-44-22-18-40-65(71)85-67-52-68-79(53-73(67)89(56-30-10-3-11-31-56)75-49-59(48-74(87)81(75)85)92-77-46-24-38-63-61-36-16-20-42-69(61)90(83(63)77)57-32-12-4-13-33-57)94-80-51-60(50-76-82(80)86(68)66-41-19-23-45-72(66)88(76)55-28-8-2-9-29-55)93-78-47-25-39-64-62-37-17-21-43-70(62)91(84(64)78)58-34-14-5-15-35-58/h1-53H. The molecule has 6 heterocycles. The van der Waals surface area contributed by atoms with Gasteiger partial charge in [0.15, 0.2) is 11.5 Å². The molecule has 438 valence electrons. The lowest BCUT2D eigenvalue weighted by atomic mass is 9.30. The lowest BCUT2D eigenvalue weighted by Crippen LogP contribution is -2.64. The van der Waals surface area contributed by atoms with Crippen LogP contribution < -0.4 is 61.7 Å². The summed E-state index contributed by atoms with van der Waals surface area (Å²) in [6.07, 6.45) is 0. The molecule has 20 rings (SSSR count). The van der Waals surface area contributed by atoms with E-state index >= 15 is 0 Å². The van der Waals surface area contributed by atoms with Crippen molar-refractivity contribution in [3.63, 3.8) is 0 Å². The Hall–Kier alpha value is -12.4. The second-order valence-electron chi connectivity index (χ2n) is 24.7. The molecule has 14 aromatic carbocycles. The number of benzene rings is 14. The van der Waals surface area contributed by atoms with Crippen LogP contribution >= 0.6 is 0 Å². The van der Waals surface area contributed by atoms with Crippen molar-refractivity contribution in [1.29, 1.82) is 0 Å². The van der Waals surface area contributed by atoms with E-state index in [0.29, 0.717) is 11.5 Å². The molecule has 0 amide bonds. The highest BCUT2D eigenvalue weighted by atomic mass is 16.5. The molecule has 94 heavy (non-hydrogen) atoms. The zero-order valence-corrected chi connectivity index (χ0v) is 50.7. The fourth-order valence-corrected chi connectivity index (χ4v) is 15.9. The highest BCUT2D eigenvalue weighted by Crippen LogP contribution is 2.51. The Morgan fingerprint density at radius 1 is 0.255 bits per heavy atom. The first kappa shape index (κ1) is 52.4. The normalized spacial score (nSPS) is 13.1. The largest absolute Gasteiger partial charge is 0.458 e. The molecule has 0 bridgehead atoms. The number of fused-ring (bicyclic) bond motifs is 14. The first-order valence-corrected chi connectivity index (χ1v) is 32.1. The molecular formula is C84H53B2N5O3. The van der Waals surface area contributed by atoms with E-state index in [1.807, 2.05) is 0 Å². The number of nitrogens with zero attached hydrogens (tertiary/aromatic N) is 5. The average molecular weight is 1200 g/mol. The van der Waals surface area contributed by atoms with Gasteiger partial charge in [0, 0.05) is 114 Å². The van der Waals surface area contributed by atoms with Crippen molar-refractivity contribution >= 4 is 141 Å². The lowest BCUT2D eigenvalue weighted by Gasteiger charge is -2.45. The maximum atomic E-state index is 7.66. The van der Waals surface area contributed by atoms with Crippen LogP contribution in [0.4, 0.5) is 51.2 Å². The molecule has 4 aliphatic rings. The summed E-state index contributed by atoms with van der Waals surface area (Å²) in [5.41, 5.74) is 22.6. The molecule has 2 aromatic heterocycles. The minimum Gasteiger partial charge on any atom is -0.458 e. The van der Waals surface area contributed by atoms with Crippen molar-refractivity contribution in [2.24, 2.45) is 0 Å². The molecule has 0 fully saturated rings. The molecule has 0 saturated heterocycles. The molecular weight excluding hydrogens is 1150 g/mol. The molecule has 4 aliphatic heterocycles. The van der Waals surface area contributed by atoms with Crippen molar-refractivity contribution in [2.45, 2.75) is 0 Å². The van der Waals surface area contributed by atoms with Crippen LogP contribution in [0.25, 0.3) is 55.0 Å². The third-order valence-electron chi connectivity index (χ3n) is 19.6. The van der Waals surface area contributed by atoms with Crippen LogP contribution in [0.3, 0.4) is 0 Å². The highest BCUT2D eigenvalue weighted by Gasteiger charge is 2.48. The lowest BCUT2D eigenvalue weighted by molar-refractivity contribution is 0.465. The number of anilines is 9. The molecule has 10 heteroatoms. The summed E-state index contributed by atoms with van der Waals surface area (Å²) >= 11 is 0. The number of hydrogen-bond donors (Lipinski definition) is 0. The highest BCUT2D eigenvalue weighted by molar-refractivity contribution is 7.02. The van der Waals surface area contributed by atoms with E-state index in [1.54, 1.807) is 0 Å². The Morgan fingerprint density at radius 2 is 0.638 bits per heavy atom. The maximum absolute atomic E-state index is 7.66. The molecule has 16 aromatic rings. The molecule has 0 N–H and O–H groups in total. The molecule has 0 atom stereocenters. The van der Waals surface area contributed by atoms with E-state index in [4.69, 9.17) is 14.2 Å². The monoisotopic (exact) mass is 1200 g/mol. The van der Waals surface area contributed by atoms with Gasteiger partial charge in [-0.25, -0.2) is 0 Å². The fourth-order valence-electron chi connectivity index (χ4n) is 15.9. The van der Waals surface area contributed by atoms with Crippen LogP contribution in [0.1, 0.15) is 0 Å². The van der Waals surface area contributed by atoms with Crippen molar-refractivity contribution < 1.29 is 14.2 Å². The summed E-state index contributed by atoms with van der Waals surface area (Å²) in [6.45, 7) is -0.422. The topological polar surface area (TPSA) is 47.3 Å². The van der Waals surface area contributed by atoms with Crippen LogP contribution in [-0.4, -0.2) is 22.6 Å². The summed E-state index contributed by atoms with van der Waals surface area (Å²) in [4.78, 5) is 7.27. The minimum atomic E-state index is -0.219. The van der Waals surface area contributed by atoms with Gasteiger partial charge >= 0.3 is 0 Å². The van der Waals surface area contributed by atoms with Gasteiger partial charge in [-0.3, -0.25) is 0 Å². The Kier molecular flexibility index (Phi) is 11.5. The molecule has 0 saturated carbocycles. The van der Waals surface area contributed by atoms with Crippen LogP contribution in [0, 0.1) is 0 Å². The minimum absolute atomic E-state index is 0.204. The van der Waals surface area contributed by atoms with E-state index in [2.05, 4.69) is 345 Å². The summed E-state index contributed by atoms with van der Waals surface area (Å²) in [5.74, 6) is 4.38. The van der Waals surface area contributed by atoms with Gasteiger partial charge in [0.2, 0.25) is 0 Å². The van der Waals surface area contributed by atoms with Crippen molar-refractivity contribution in [3.05, 3.63) is 322 Å². The maximum Gasteiger partial charge on any atom is 0.256 e. The van der Waals surface area contributed by atoms with Crippen molar-refractivity contribution in [2.75, 3.05) is 14.7 Å². The number of aromatic nitrogens is 2. The predicted molar refractivity (Wildman–Crippen MR) is 388 cm³/mol. The fraction of sp³-hybridized carbons (Fsp3) is 0. The predicted octanol–water partition coefficient (Wildman–Crippen LogP) is 18.0. The van der Waals surface area contributed by atoms with Gasteiger partial charge in [-0.15, -0.1) is 0 Å². The molecule has 0 aliphatic carbocycles. The first-order chi connectivity index (χ1) is 46.7. The van der Waals surface area contributed by atoms with Gasteiger partial charge in [-0.05, 0) is 130 Å².